The van der Waals surface area contributed by atoms with Crippen molar-refractivity contribution in [1.82, 2.24) is 0 Å². The van der Waals surface area contributed by atoms with Crippen molar-refractivity contribution in [2.75, 3.05) is 0 Å². The Morgan fingerprint density at radius 2 is 1.92 bits per heavy atom. The number of rotatable bonds is 13. The molecule has 0 saturated heterocycles. The molecule has 0 radical (unpaired) electrons. The molecule has 1 unspecified atom stereocenters. The maximum Gasteiger partial charge on any atom is 0.139 e. The number of hydrogen-bond donors (Lipinski definition) is 2. The largest absolute Gasteiger partial charge is 0.392 e. The lowest BCUT2D eigenvalue weighted by atomic mass is 9.88. The average Bonchev–Trinajstić information content (AvgIpc) is 2.82. The van der Waals surface area contributed by atoms with Crippen LogP contribution in [0.15, 0.2) is 12.2 Å². The summed E-state index contributed by atoms with van der Waals surface area (Å²) in [7, 11) is 0. The molecule has 0 aromatic carbocycles. The molecule has 144 valence electrons. The summed E-state index contributed by atoms with van der Waals surface area (Å²) in [6.45, 7) is 3.75. The van der Waals surface area contributed by atoms with E-state index in [2.05, 4.69) is 6.92 Å². The first-order valence-electron chi connectivity index (χ1n) is 10.0. The zero-order valence-corrected chi connectivity index (χ0v) is 16.0. The molecule has 0 heterocycles. The van der Waals surface area contributed by atoms with Crippen LogP contribution < -0.4 is 0 Å². The molecule has 2 N–H and O–H groups in total. The monoisotopic (exact) mass is 352 g/mol. The summed E-state index contributed by atoms with van der Waals surface area (Å²) >= 11 is 0. The zero-order valence-electron chi connectivity index (χ0n) is 16.0. The van der Waals surface area contributed by atoms with Gasteiger partial charge in [-0.1, -0.05) is 57.6 Å². The lowest BCUT2D eigenvalue weighted by molar-refractivity contribution is -0.121. The number of carbonyl (C=O) groups excluding carboxylic acids is 2. The highest BCUT2D eigenvalue weighted by atomic mass is 16.3. The fraction of sp³-hybridized carbons (Fsp3) is 0.810. The highest BCUT2D eigenvalue weighted by molar-refractivity contribution is 5.84. The molecule has 1 aliphatic carbocycles. The van der Waals surface area contributed by atoms with Crippen LogP contribution in [0.1, 0.15) is 84.5 Å². The number of ketones is 2. The van der Waals surface area contributed by atoms with E-state index in [-0.39, 0.29) is 29.8 Å². The van der Waals surface area contributed by atoms with Gasteiger partial charge in [0.2, 0.25) is 0 Å². The third kappa shape index (κ3) is 8.77. The zero-order chi connectivity index (χ0) is 18.7. The van der Waals surface area contributed by atoms with E-state index in [1.807, 2.05) is 6.08 Å². The first-order chi connectivity index (χ1) is 12.0. The lowest BCUT2D eigenvalue weighted by Gasteiger charge is -2.18. The molecule has 0 aromatic heterocycles. The Morgan fingerprint density at radius 1 is 1.20 bits per heavy atom. The van der Waals surface area contributed by atoms with Gasteiger partial charge in [-0.25, -0.2) is 0 Å². The number of aliphatic hydroxyl groups is 2. The molecule has 1 saturated carbocycles. The second-order valence-corrected chi connectivity index (χ2v) is 7.52. The minimum absolute atomic E-state index is 0.123. The smallest absolute Gasteiger partial charge is 0.139 e. The Labute approximate surface area is 152 Å². The van der Waals surface area contributed by atoms with Gasteiger partial charge in [0.15, 0.2) is 0 Å². The minimum Gasteiger partial charge on any atom is -0.392 e. The number of unbranched alkanes of at least 4 members (excludes halogenated alkanes) is 5. The number of carbonyl (C=O) groups is 2. The van der Waals surface area contributed by atoms with E-state index in [1.54, 1.807) is 13.0 Å². The van der Waals surface area contributed by atoms with Crippen molar-refractivity contribution in [3.8, 4) is 0 Å². The Balaban J connectivity index is 2.39. The van der Waals surface area contributed by atoms with Gasteiger partial charge in [-0.15, -0.1) is 0 Å². The van der Waals surface area contributed by atoms with Gasteiger partial charge in [-0.2, -0.15) is 0 Å². The molecule has 0 aliphatic heterocycles. The van der Waals surface area contributed by atoms with Gasteiger partial charge in [0, 0.05) is 24.7 Å². The summed E-state index contributed by atoms with van der Waals surface area (Å²) in [6.07, 6.45) is 12.1. The van der Waals surface area contributed by atoms with E-state index in [9.17, 15) is 19.8 Å². The van der Waals surface area contributed by atoms with Crippen molar-refractivity contribution in [2.45, 2.75) is 96.7 Å². The van der Waals surface area contributed by atoms with Crippen molar-refractivity contribution in [3.63, 3.8) is 0 Å². The molecule has 4 atom stereocenters. The summed E-state index contributed by atoms with van der Waals surface area (Å²) < 4.78 is 0. The summed E-state index contributed by atoms with van der Waals surface area (Å²) in [5.74, 6) is 0.0931. The van der Waals surface area contributed by atoms with Crippen LogP contribution in [0.3, 0.4) is 0 Å². The molecule has 4 heteroatoms. The van der Waals surface area contributed by atoms with E-state index >= 15 is 0 Å². The van der Waals surface area contributed by atoms with Gasteiger partial charge < -0.3 is 15.0 Å². The molecule has 4 nitrogen and oxygen atoms in total. The van der Waals surface area contributed by atoms with E-state index in [4.69, 9.17) is 0 Å². The molecule has 25 heavy (non-hydrogen) atoms. The molecular formula is C21H36O4. The highest BCUT2D eigenvalue weighted by Crippen LogP contribution is 2.34. The summed E-state index contributed by atoms with van der Waals surface area (Å²) in [6, 6.07) is 0. The van der Waals surface area contributed by atoms with Gasteiger partial charge >= 0.3 is 0 Å². The van der Waals surface area contributed by atoms with E-state index < -0.39 is 12.2 Å². The van der Waals surface area contributed by atoms with Crippen molar-refractivity contribution >= 4 is 11.6 Å². The van der Waals surface area contributed by atoms with Crippen LogP contribution in [0, 0.1) is 11.8 Å². The van der Waals surface area contributed by atoms with Crippen LogP contribution in [0.2, 0.25) is 0 Å². The van der Waals surface area contributed by atoms with Crippen molar-refractivity contribution in [3.05, 3.63) is 12.2 Å². The molecule has 1 aliphatic rings. The van der Waals surface area contributed by atoms with E-state index in [0.717, 1.165) is 57.8 Å². The van der Waals surface area contributed by atoms with Crippen LogP contribution in [-0.2, 0) is 9.59 Å². The SMILES string of the molecule is CCCCCC(O)/C=C/[C@H]1[C@H](O)CC(=O)[C@@H]1CCCCCCC(C)=O. The van der Waals surface area contributed by atoms with Gasteiger partial charge in [-0.3, -0.25) is 4.79 Å². The normalized spacial score (nSPS) is 25.0. The topological polar surface area (TPSA) is 74.6 Å². The second-order valence-electron chi connectivity index (χ2n) is 7.52. The molecule has 1 rings (SSSR count). The lowest BCUT2D eigenvalue weighted by Crippen LogP contribution is -2.19. The van der Waals surface area contributed by atoms with Crippen LogP contribution in [0.4, 0.5) is 0 Å². The van der Waals surface area contributed by atoms with Crippen LogP contribution in [0.25, 0.3) is 0 Å². The molecular weight excluding hydrogens is 316 g/mol. The maximum atomic E-state index is 12.2. The fourth-order valence-electron chi connectivity index (χ4n) is 3.64. The van der Waals surface area contributed by atoms with Crippen molar-refractivity contribution in [2.24, 2.45) is 11.8 Å². The predicted octanol–water partition coefficient (Wildman–Crippen LogP) is 3.98. The van der Waals surface area contributed by atoms with Gasteiger partial charge in [0.05, 0.1) is 12.2 Å². The Bertz CT molecular complexity index is 430. The second kappa shape index (κ2) is 12.4. The summed E-state index contributed by atoms with van der Waals surface area (Å²) in [4.78, 5) is 23.1. The summed E-state index contributed by atoms with van der Waals surface area (Å²) in [5, 5.41) is 20.2. The molecule has 0 amide bonds. The van der Waals surface area contributed by atoms with Crippen LogP contribution in [-0.4, -0.2) is 34.0 Å². The maximum absolute atomic E-state index is 12.2. The standard InChI is InChI=1S/C21H36O4/c1-3-4-7-11-17(23)13-14-19-18(20(24)15-21(19)25)12-9-6-5-8-10-16(2)22/h13-14,17-19,21,23,25H,3-12,15H2,1-2H3/b14-13+/t17?,18-,19-,21-/m1/s1. The van der Waals surface area contributed by atoms with Crippen molar-refractivity contribution in [1.29, 1.82) is 0 Å². The molecule has 0 aromatic rings. The first kappa shape index (κ1) is 22.0. The predicted molar refractivity (Wildman–Crippen MR) is 100 cm³/mol. The van der Waals surface area contributed by atoms with Crippen LogP contribution in [0.5, 0.6) is 0 Å². The summed E-state index contributed by atoms with van der Waals surface area (Å²) in [5.41, 5.74) is 0. The van der Waals surface area contributed by atoms with Gasteiger partial charge in [-0.05, 0) is 26.2 Å². The van der Waals surface area contributed by atoms with Crippen molar-refractivity contribution < 1.29 is 19.8 Å². The molecule has 0 spiro atoms. The Morgan fingerprint density at radius 3 is 2.60 bits per heavy atom. The van der Waals surface area contributed by atoms with Gasteiger partial charge in [0.1, 0.15) is 11.6 Å². The van der Waals surface area contributed by atoms with Gasteiger partial charge in [0.25, 0.3) is 0 Å². The third-order valence-electron chi connectivity index (χ3n) is 5.19. The van der Waals surface area contributed by atoms with Crippen LogP contribution >= 0.6 is 0 Å². The fourth-order valence-corrected chi connectivity index (χ4v) is 3.64. The number of Topliss-reactive ketones (excluding diaryl/α,β-unsaturated/α-hetero) is 2. The van der Waals surface area contributed by atoms with E-state index in [0.29, 0.717) is 6.42 Å². The first-order valence-corrected chi connectivity index (χ1v) is 10.0. The third-order valence-corrected chi connectivity index (χ3v) is 5.19. The molecule has 1 fully saturated rings. The number of aliphatic hydroxyl groups excluding tert-OH is 2. The van der Waals surface area contributed by atoms with E-state index in [1.165, 1.54) is 0 Å². The minimum atomic E-state index is -0.616. The highest BCUT2D eigenvalue weighted by Gasteiger charge is 2.39. The molecule has 0 bridgehead atoms. The Hall–Kier alpha value is -1.00. The average molecular weight is 353 g/mol. The quantitative estimate of drug-likeness (QED) is 0.388. The Kier molecular flexibility index (Phi) is 10.9. The number of hydrogen-bond acceptors (Lipinski definition) is 4.